The van der Waals surface area contributed by atoms with Crippen molar-refractivity contribution in [3.8, 4) is 11.5 Å². The monoisotopic (exact) mass is 389 g/mol. The molecule has 0 bridgehead atoms. The van der Waals surface area contributed by atoms with Gasteiger partial charge < -0.3 is 19.9 Å². The van der Waals surface area contributed by atoms with Gasteiger partial charge in [0.25, 0.3) is 5.91 Å². The molecule has 1 amide bonds. The van der Waals surface area contributed by atoms with Crippen molar-refractivity contribution in [2.24, 2.45) is 0 Å². The number of nitrogens with one attached hydrogen (secondary N) is 1. The lowest BCUT2D eigenvalue weighted by molar-refractivity contribution is -0.137. The van der Waals surface area contributed by atoms with Gasteiger partial charge in [0.15, 0.2) is 6.10 Å². The Morgan fingerprint density at radius 1 is 1.07 bits per heavy atom. The topological polar surface area (TPSA) is 84.9 Å². The summed E-state index contributed by atoms with van der Waals surface area (Å²) in [6, 6.07) is 14.5. The van der Waals surface area contributed by atoms with Crippen LogP contribution in [0.2, 0.25) is 0 Å². The summed E-state index contributed by atoms with van der Waals surface area (Å²) in [5.74, 6) is 0.171. The quantitative estimate of drug-likeness (QED) is 0.471. The fraction of sp³-hybridized carbons (Fsp3) is 0.300. The fourth-order valence-electron chi connectivity index (χ4n) is 2.20. The van der Waals surface area contributed by atoms with Crippen LogP contribution in [-0.2, 0) is 9.59 Å². The number of rotatable bonds is 10. The number of carbonyl (C=O) groups excluding carboxylic acids is 1. The molecule has 0 aliphatic rings. The Hall–Kier alpha value is -2.67. The zero-order valence-electron chi connectivity index (χ0n) is 15.3. The third-order valence-corrected chi connectivity index (χ3v) is 4.41. The molecule has 0 saturated heterocycles. The second kappa shape index (κ2) is 10.5. The average Bonchev–Trinajstić information content (AvgIpc) is 2.67. The summed E-state index contributed by atoms with van der Waals surface area (Å²) in [6.45, 7) is 2.02. The van der Waals surface area contributed by atoms with Gasteiger partial charge >= 0.3 is 5.97 Å². The Kier molecular flexibility index (Phi) is 8.00. The molecule has 2 aromatic carbocycles. The van der Waals surface area contributed by atoms with E-state index < -0.39 is 12.1 Å². The Labute approximate surface area is 162 Å². The molecule has 0 saturated carbocycles. The maximum atomic E-state index is 12.3. The number of benzene rings is 2. The Morgan fingerprint density at radius 3 is 2.30 bits per heavy atom. The van der Waals surface area contributed by atoms with E-state index in [2.05, 4.69) is 5.32 Å². The predicted molar refractivity (Wildman–Crippen MR) is 106 cm³/mol. The van der Waals surface area contributed by atoms with Crippen LogP contribution in [0.1, 0.15) is 19.8 Å². The van der Waals surface area contributed by atoms with Crippen molar-refractivity contribution in [3.05, 3.63) is 48.5 Å². The molecule has 1 atom stereocenters. The van der Waals surface area contributed by atoms with Crippen molar-refractivity contribution in [1.29, 1.82) is 0 Å². The van der Waals surface area contributed by atoms with Crippen LogP contribution in [0.4, 0.5) is 5.69 Å². The smallest absolute Gasteiger partial charge is 0.303 e. The molecule has 0 spiro atoms. The minimum atomic E-state index is -0.840. The Bertz CT molecular complexity index is 746. The van der Waals surface area contributed by atoms with Gasteiger partial charge in [-0.05, 0) is 68.1 Å². The first-order valence-electron chi connectivity index (χ1n) is 8.54. The highest BCUT2D eigenvalue weighted by Crippen LogP contribution is 2.20. The Balaban J connectivity index is 1.80. The fourth-order valence-corrected chi connectivity index (χ4v) is 2.61. The number of aliphatic carboxylic acids is 1. The lowest BCUT2D eigenvalue weighted by Gasteiger charge is -2.15. The van der Waals surface area contributed by atoms with Gasteiger partial charge in [-0.25, -0.2) is 0 Å². The number of anilines is 1. The molecule has 0 aromatic heterocycles. The lowest BCUT2D eigenvalue weighted by atomic mass is 10.2. The second-order valence-electron chi connectivity index (χ2n) is 5.79. The van der Waals surface area contributed by atoms with Gasteiger partial charge in [-0.2, -0.15) is 0 Å². The molecule has 1 unspecified atom stereocenters. The van der Waals surface area contributed by atoms with E-state index in [0.29, 0.717) is 30.2 Å². The zero-order valence-corrected chi connectivity index (χ0v) is 16.1. The third kappa shape index (κ3) is 7.22. The minimum Gasteiger partial charge on any atom is -0.494 e. The molecule has 2 rings (SSSR count). The van der Waals surface area contributed by atoms with Crippen molar-refractivity contribution >= 4 is 29.3 Å². The van der Waals surface area contributed by atoms with Crippen LogP contribution in [-0.4, -0.2) is 35.9 Å². The number of thioether (sulfide) groups is 1. The van der Waals surface area contributed by atoms with Crippen LogP contribution < -0.4 is 14.8 Å². The normalized spacial score (nSPS) is 11.5. The molecular formula is C20H23NO5S. The van der Waals surface area contributed by atoms with E-state index >= 15 is 0 Å². The summed E-state index contributed by atoms with van der Waals surface area (Å²) < 4.78 is 11.1. The SMILES string of the molecule is CSc1ccc(OC(C)C(=O)Nc2ccc(OCCCC(=O)O)cc2)cc1. The summed E-state index contributed by atoms with van der Waals surface area (Å²) in [4.78, 5) is 23.9. The maximum absolute atomic E-state index is 12.3. The summed E-state index contributed by atoms with van der Waals surface area (Å²) >= 11 is 1.64. The first-order valence-corrected chi connectivity index (χ1v) is 9.76. The standard InChI is InChI=1S/C20H23NO5S/c1-14(26-17-9-11-18(27-2)12-10-17)20(24)21-15-5-7-16(8-6-15)25-13-3-4-19(22)23/h5-12,14H,3-4,13H2,1-2H3,(H,21,24)(H,22,23). The number of carboxylic acid groups (broad SMARTS) is 1. The van der Waals surface area contributed by atoms with Crippen molar-refractivity contribution in [2.45, 2.75) is 30.8 Å². The van der Waals surface area contributed by atoms with Gasteiger partial charge in [0.1, 0.15) is 11.5 Å². The minimum absolute atomic E-state index is 0.0754. The van der Waals surface area contributed by atoms with Crippen molar-refractivity contribution < 1.29 is 24.2 Å². The molecule has 0 radical (unpaired) electrons. The number of amides is 1. The molecule has 2 aromatic rings. The first kappa shape index (κ1) is 20.6. The van der Waals surface area contributed by atoms with E-state index in [1.54, 1.807) is 43.0 Å². The molecule has 0 heterocycles. The van der Waals surface area contributed by atoms with Gasteiger partial charge in [0.05, 0.1) is 6.61 Å². The van der Waals surface area contributed by atoms with E-state index in [-0.39, 0.29) is 12.3 Å². The molecule has 0 fully saturated rings. The lowest BCUT2D eigenvalue weighted by Crippen LogP contribution is -2.30. The van der Waals surface area contributed by atoms with E-state index in [1.165, 1.54) is 0 Å². The number of carbonyl (C=O) groups is 2. The highest BCUT2D eigenvalue weighted by Gasteiger charge is 2.15. The molecule has 7 heteroatoms. The summed E-state index contributed by atoms with van der Waals surface area (Å²) in [5.41, 5.74) is 0.631. The average molecular weight is 389 g/mol. The maximum Gasteiger partial charge on any atom is 0.303 e. The van der Waals surface area contributed by atoms with Gasteiger partial charge in [-0.3, -0.25) is 9.59 Å². The molecule has 0 aliphatic heterocycles. The van der Waals surface area contributed by atoms with Crippen LogP contribution in [0.25, 0.3) is 0 Å². The van der Waals surface area contributed by atoms with Crippen LogP contribution >= 0.6 is 11.8 Å². The summed E-state index contributed by atoms with van der Waals surface area (Å²) in [5, 5.41) is 11.4. The van der Waals surface area contributed by atoms with Gasteiger partial charge in [0.2, 0.25) is 0 Å². The number of hydrogen-bond acceptors (Lipinski definition) is 5. The molecule has 144 valence electrons. The molecular weight excluding hydrogens is 366 g/mol. The van der Waals surface area contributed by atoms with E-state index in [1.807, 2.05) is 30.5 Å². The van der Waals surface area contributed by atoms with Gasteiger partial charge in [0, 0.05) is 17.0 Å². The number of carboxylic acids is 1. The van der Waals surface area contributed by atoms with E-state index in [0.717, 1.165) is 4.90 Å². The van der Waals surface area contributed by atoms with Crippen LogP contribution in [0, 0.1) is 0 Å². The third-order valence-electron chi connectivity index (χ3n) is 3.67. The predicted octanol–water partition coefficient (Wildman–Crippen LogP) is 4.06. The van der Waals surface area contributed by atoms with Gasteiger partial charge in [-0.1, -0.05) is 0 Å². The van der Waals surface area contributed by atoms with E-state index in [9.17, 15) is 9.59 Å². The number of hydrogen-bond donors (Lipinski definition) is 2. The van der Waals surface area contributed by atoms with Crippen LogP contribution in [0.15, 0.2) is 53.4 Å². The largest absolute Gasteiger partial charge is 0.494 e. The highest BCUT2D eigenvalue weighted by molar-refractivity contribution is 7.98. The highest BCUT2D eigenvalue weighted by atomic mass is 32.2. The van der Waals surface area contributed by atoms with Crippen LogP contribution in [0.5, 0.6) is 11.5 Å². The zero-order chi connectivity index (χ0) is 19.6. The molecule has 27 heavy (non-hydrogen) atoms. The Morgan fingerprint density at radius 2 is 1.70 bits per heavy atom. The van der Waals surface area contributed by atoms with E-state index in [4.69, 9.17) is 14.6 Å². The number of ether oxygens (including phenoxy) is 2. The molecule has 6 nitrogen and oxygen atoms in total. The first-order chi connectivity index (χ1) is 13.0. The molecule has 2 N–H and O–H groups in total. The summed E-state index contributed by atoms with van der Waals surface area (Å²) in [6.07, 6.45) is 1.88. The van der Waals surface area contributed by atoms with Gasteiger partial charge in [-0.15, -0.1) is 11.8 Å². The van der Waals surface area contributed by atoms with Crippen molar-refractivity contribution in [3.63, 3.8) is 0 Å². The molecule has 0 aliphatic carbocycles. The summed E-state index contributed by atoms with van der Waals surface area (Å²) in [7, 11) is 0. The van der Waals surface area contributed by atoms with Crippen molar-refractivity contribution in [1.82, 2.24) is 0 Å². The second-order valence-corrected chi connectivity index (χ2v) is 6.67. The van der Waals surface area contributed by atoms with Crippen LogP contribution in [0.3, 0.4) is 0 Å². The van der Waals surface area contributed by atoms with Crippen molar-refractivity contribution in [2.75, 3.05) is 18.2 Å².